The summed E-state index contributed by atoms with van der Waals surface area (Å²) in [5, 5.41) is 12.1. The van der Waals surface area contributed by atoms with E-state index < -0.39 is 0 Å². The van der Waals surface area contributed by atoms with Crippen LogP contribution in [0.25, 0.3) is 0 Å². The van der Waals surface area contributed by atoms with E-state index in [1.54, 1.807) is 0 Å². The summed E-state index contributed by atoms with van der Waals surface area (Å²) >= 11 is 1.50. The first-order chi connectivity index (χ1) is 9.41. The van der Waals surface area contributed by atoms with Crippen molar-refractivity contribution in [1.29, 1.82) is 0 Å². The summed E-state index contributed by atoms with van der Waals surface area (Å²) in [4.78, 5) is 1.24. The minimum Gasteiger partial charge on any atom is -0.309 e. The fraction of sp³-hybridized carbons (Fsp3) is 0.643. The first kappa shape index (κ1) is 15.1. The predicted octanol–water partition coefficient (Wildman–Crippen LogP) is 2.46. The summed E-state index contributed by atoms with van der Waals surface area (Å²) in [6.07, 6.45) is 4.90. The average Bonchev–Trinajstić information content (AvgIpc) is 2.96. The van der Waals surface area contributed by atoms with Gasteiger partial charge in [-0.1, -0.05) is 32.2 Å². The average molecular weight is 293 g/mol. The summed E-state index contributed by atoms with van der Waals surface area (Å²) in [5.41, 5.74) is 2.34. The second kappa shape index (κ2) is 6.01. The maximum absolute atomic E-state index is 4.35. The molecule has 1 N–H and O–H groups in total. The summed E-state index contributed by atoms with van der Waals surface area (Å²) in [6, 6.07) is 0.249. The molecule has 6 heteroatoms. The number of hydrogen-bond acceptors (Lipinski definition) is 5. The van der Waals surface area contributed by atoms with Crippen molar-refractivity contribution in [2.45, 2.75) is 45.6 Å². The van der Waals surface area contributed by atoms with Crippen LogP contribution in [0.4, 0.5) is 0 Å². The zero-order valence-corrected chi connectivity index (χ0v) is 13.7. The third-order valence-electron chi connectivity index (χ3n) is 3.19. The van der Waals surface area contributed by atoms with Crippen molar-refractivity contribution in [2.75, 3.05) is 6.54 Å². The first-order valence-electron chi connectivity index (χ1n) is 6.95. The number of hydrogen-bond donors (Lipinski definition) is 1. The molecule has 0 amide bonds. The molecule has 0 fully saturated rings. The van der Waals surface area contributed by atoms with Crippen LogP contribution in [0.5, 0.6) is 0 Å². The van der Waals surface area contributed by atoms with Gasteiger partial charge >= 0.3 is 0 Å². The van der Waals surface area contributed by atoms with E-state index in [1.807, 2.05) is 17.9 Å². The monoisotopic (exact) mass is 293 g/mol. The van der Waals surface area contributed by atoms with Crippen LogP contribution in [-0.4, -0.2) is 25.9 Å². The standard InChI is InChI=1S/C14H23N5S/c1-6-15-11(7-10-8-16-19(5)9-10)12-13(14(2,3)4)17-18-20-12/h8-9,11,15H,6-7H2,1-5H3. The molecule has 2 aromatic rings. The van der Waals surface area contributed by atoms with Gasteiger partial charge in [-0.05, 0) is 30.1 Å². The lowest BCUT2D eigenvalue weighted by atomic mass is 9.89. The lowest BCUT2D eigenvalue weighted by Gasteiger charge is -2.22. The molecule has 0 spiro atoms. The van der Waals surface area contributed by atoms with Gasteiger partial charge in [-0.15, -0.1) is 5.10 Å². The van der Waals surface area contributed by atoms with E-state index >= 15 is 0 Å². The van der Waals surface area contributed by atoms with Gasteiger partial charge in [-0.25, -0.2) is 0 Å². The molecule has 110 valence electrons. The fourth-order valence-corrected chi connectivity index (χ4v) is 3.20. The zero-order chi connectivity index (χ0) is 14.8. The van der Waals surface area contributed by atoms with E-state index in [0.717, 1.165) is 18.7 Å². The summed E-state index contributed by atoms with van der Waals surface area (Å²) in [5.74, 6) is 0. The van der Waals surface area contributed by atoms with Crippen LogP contribution in [0.2, 0.25) is 0 Å². The lowest BCUT2D eigenvalue weighted by molar-refractivity contribution is 0.514. The van der Waals surface area contributed by atoms with E-state index in [2.05, 4.69) is 53.9 Å². The van der Waals surface area contributed by atoms with Crippen molar-refractivity contribution in [1.82, 2.24) is 24.7 Å². The zero-order valence-electron chi connectivity index (χ0n) is 12.8. The molecule has 2 heterocycles. The second-order valence-electron chi connectivity index (χ2n) is 6.07. The molecule has 0 aliphatic rings. The Bertz CT molecular complexity index is 552. The number of nitrogens with one attached hydrogen (secondary N) is 1. The van der Waals surface area contributed by atoms with Crippen LogP contribution >= 0.6 is 11.5 Å². The maximum Gasteiger partial charge on any atom is 0.0857 e. The van der Waals surface area contributed by atoms with Crippen molar-refractivity contribution in [3.63, 3.8) is 0 Å². The highest BCUT2D eigenvalue weighted by Gasteiger charge is 2.27. The molecule has 0 aromatic carbocycles. The van der Waals surface area contributed by atoms with Gasteiger partial charge in [0.15, 0.2) is 0 Å². The van der Waals surface area contributed by atoms with E-state index in [9.17, 15) is 0 Å². The van der Waals surface area contributed by atoms with E-state index in [0.29, 0.717) is 0 Å². The van der Waals surface area contributed by atoms with Gasteiger partial charge in [0, 0.05) is 24.7 Å². The minimum atomic E-state index is 0.0188. The SMILES string of the molecule is CCNC(Cc1cnn(C)c1)c1snnc1C(C)(C)C. The number of nitrogens with zero attached hydrogens (tertiary/aromatic N) is 4. The van der Waals surface area contributed by atoms with Crippen LogP contribution < -0.4 is 5.32 Å². The molecule has 5 nitrogen and oxygen atoms in total. The molecular formula is C14H23N5S. The Balaban J connectivity index is 2.27. The third kappa shape index (κ3) is 3.43. The van der Waals surface area contributed by atoms with Crippen LogP contribution in [0.15, 0.2) is 12.4 Å². The molecule has 0 saturated carbocycles. The molecule has 0 saturated heterocycles. The molecule has 2 aromatic heterocycles. The Labute approximate surface area is 124 Å². The number of aromatic nitrogens is 4. The Hall–Kier alpha value is -1.27. The number of likely N-dealkylation sites (N-methyl/N-ethyl adjacent to an activating group) is 1. The Morgan fingerprint density at radius 1 is 1.40 bits per heavy atom. The normalized spacial score (nSPS) is 13.7. The summed E-state index contributed by atoms with van der Waals surface area (Å²) < 4.78 is 6.01. The largest absolute Gasteiger partial charge is 0.309 e. The molecule has 0 aliphatic heterocycles. The highest BCUT2D eigenvalue weighted by Crippen LogP contribution is 2.31. The smallest absolute Gasteiger partial charge is 0.0857 e. The molecule has 1 unspecified atom stereocenters. The molecule has 0 radical (unpaired) electrons. The van der Waals surface area contributed by atoms with Gasteiger partial charge < -0.3 is 5.32 Å². The van der Waals surface area contributed by atoms with Gasteiger partial charge in [0.2, 0.25) is 0 Å². The van der Waals surface area contributed by atoms with Gasteiger partial charge in [-0.2, -0.15) is 5.10 Å². The van der Waals surface area contributed by atoms with Gasteiger partial charge in [0.1, 0.15) is 0 Å². The quantitative estimate of drug-likeness (QED) is 0.920. The van der Waals surface area contributed by atoms with Crippen molar-refractivity contribution in [3.05, 3.63) is 28.5 Å². The Morgan fingerprint density at radius 2 is 2.15 bits per heavy atom. The van der Waals surface area contributed by atoms with Crippen LogP contribution in [0.1, 0.15) is 49.9 Å². The van der Waals surface area contributed by atoms with Gasteiger partial charge in [-0.3, -0.25) is 4.68 Å². The van der Waals surface area contributed by atoms with E-state index in [4.69, 9.17) is 0 Å². The highest BCUT2D eigenvalue weighted by molar-refractivity contribution is 7.05. The fourth-order valence-electron chi connectivity index (χ4n) is 2.26. The predicted molar refractivity (Wildman–Crippen MR) is 81.9 cm³/mol. The van der Waals surface area contributed by atoms with Crippen LogP contribution in [0.3, 0.4) is 0 Å². The summed E-state index contributed by atoms with van der Waals surface area (Å²) in [6.45, 7) is 9.59. The third-order valence-corrected chi connectivity index (χ3v) is 4.03. The van der Waals surface area contributed by atoms with E-state index in [1.165, 1.54) is 22.0 Å². The molecule has 0 bridgehead atoms. The molecule has 20 heavy (non-hydrogen) atoms. The van der Waals surface area contributed by atoms with Gasteiger partial charge in [0.05, 0.1) is 16.8 Å². The minimum absolute atomic E-state index is 0.0188. The van der Waals surface area contributed by atoms with Crippen LogP contribution in [0, 0.1) is 0 Å². The van der Waals surface area contributed by atoms with Crippen LogP contribution in [-0.2, 0) is 18.9 Å². The molecular weight excluding hydrogens is 270 g/mol. The Kier molecular flexibility index (Phi) is 4.55. The van der Waals surface area contributed by atoms with E-state index in [-0.39, 0.29) is 11.5 Å². The number of rotatable bonds is 5. The topological polar surface area (TPSA) is 55.6 Å². The second-order valence-corrected chi connectivity index (χ2v) is 6.86. The molecule has 0 aliphatic carbocycles. The first-order valence-corrected chi connectivity index (χ1v) is 7.72. The molecule has 1 atom stereocenters. The van der Waals surface area contributed by atoms with Gasteiger partial charge in [0.25, 0.3) is 0 Å². The molecule has 2 rings (SSSR count). The van der Waals surface area contributed by atoms with Crippen molar-refractivity contribution in [2.24, 2.45) is 7.05 Å². The maximum atomic E-state index is 4.35. The number of aryl methyl sites for hydroxylation is 1. The Morgan fingerprint density at radius 3 is 2.70 bits per heavy atom. The van der Waals surface area contributed by atoms with Crippen molar-refractivity contribution in [3.8, 4) is 0 Å². The summed E-state index contributed by atoms with van der Waals surface area (Å²) in [7, 11) is 1.95. The highest BCUT2D eigenvalue weighted by atomic mass is 32.1. The van der Waals surface area contributed by atoms with Crippen molar-refractivity contribution < 1.29 is 0 Å². The van der Waals surface area contributed by atoms with Crippen molar-refractivity contribution >= 4 is 11.5 Å². The lowest BCUT2D eigenvalue weighted by Crippen LogP contribution is -2.25.